The average Bonchev–Trinajstić information content (AvgIpc) is 2.59. The van der Waals surface area contributed by atoms with E-state index in [9.17, 15) is 4.79 Å². The molecule has 2 rings (SSSR count). The fourth-order valence-corrected chi connectivity index (χ4v) is 2.78. The average molecular weight is 239 g/mol. The van der Waals surface area contributed by atoms with Gasteiger partial charge in [0.15, 0.2) is 0 Å². The van der Waals surface area contributed by atoms with Crippen molar-refractivity contribution in [1.82, 2.24) is 9.88 Å². The summed E-state index contributed by atoms with van der Waals surface area (Å²) in [5, 5.41) is 1.03. The molecule has 0 radical (unpaired) electrons. The second-order valence-electron chi connectivity index (χ2n) is 4.52. The molecule has 1 aromatic heterocycles. The van der Waals surface area contributed by atoms with Crippen LogP contribution in [-0.2, 0) is 11.3 Å². The molecule has 0 atom stereocenters. The van der Waals surface area contributed by atoms with E-state index in [-0.39, 0.29) is 5.91 Å². The maximum Gasteiger partial charge on any atom is 0.242 e. The molecule has 0 aromatic carbocycles. The van der Waals surface area contributed by atoms with Gasteiger partial charge in [0, 0.05) is 18.1 Å². The summed E-state index contributed by atoms with van der Waals surface area (Å²) in [7, 11) is 1.81. The summed E-state index contributed by atoms with van der Waals surface area (Å²) in [6.45, 7) is 2.58. The van der Waals surface area contributed by atoms with Crippen molar-refractivity contribution in [2.45, 2.75) is 38.3 Å². The summed E-state index contributed by atoms with van der Waals surface area (Å²) in [6.07, 6.45) is 4.53. The van der Waals surface area contributed by atoms with Crippen molar-refractivity contribution in [2.75, 3.05) is 7.05 Å². The van der Waals surface area contributed by atoms with Crippen LogP contribution in [0.2, 0.25) is 0 Å². The minimum absolute atomic E-state index is 0.0600. The third kappa shape index (κ3) is 2.10. The summed E-state index contributed by atoms with van der Waals surface area (Å²) in [5.41, 5.74) is 5.41. The molecule has 1 amide bonds. The second-order valence-corrected chi connectivity index (χ2v) is 5.84. The van der Waals surface area contributed by atoms with Gasteiger partial charge in [-0.15, -0.1) is 11.3 Å². The van der Waals surface area contributed by atoms with Gasteiger partial charge in [0.2, 0.25) is 5.91 Å². The van der Waals surface area contributed by atoms with E-state index in [0.717, 1.165) is 29.1 Å². The Balaban J connectivity index is 1.97. The number of hydrogen-bond acceptors (Lipinski definition) is 4. The van der Waals surface area contributed by atoms with E-state index in [1.807, 2.05) is 20.2 Å². The molecule has 0 bridgehead atoms. The van der Waals surface area contributed by atoms with Crippen molar-refractivity contribution < 1.29 is 4.79 Å². The van der Waals surface area contributed by atoms with Crippen LogP contribution in [0.3, 0.4) is 0 Å². The molecule has 0 unspecified atom stereocenters. The number of aromatic nitrogens is 1. The first-order valence-electron chi connectivity index (χ1n) is 5.47. The van der Waals surface area contributed by atoms with Gasteiger partial charge in [0.1, 0.15) is 0 Å². The van der Waals surface area contributed by atoms with Gasteiger partial charge >= 0.3 is 0 Å². The van der Waals surface area contributed by atoms with Crippen LogP contribution in [0.15, 0.2) is 6.20 Å². The molecule has 1 heterocycles. The lowest BCUT2D eigenvalue weighted by atomic mass is 9.76. The SMILES string of the molecule is Cc1ncc(CN(C)C(=O)C2(N)CCC2)s1. The van der Waals surface area contributed by atoms with Crippen LogP contribution in [0.1, 0.15) is 29.1 Å². The standard InChI is InChI=1S/C11H17N3OS/c1-8-13-6-9(16-8)7-14(2)10(15)11(12)4-3-5-11/h6H,3-5,7,12H2,1-2H3. The molecule has 0 aliphatic heterocycles. The van der Waals surface area contributed by atoms with E-state index >= 15 is 0 Å². The van der Waals surface area contributed by atoms with Gasteiger partial charge in [-0.2, -0.15) is 0 Å². The highest BCUT2D eigenvalue weighted by molar-refractivity contribution is 7.11. The minimum Gasteiger partial charge on any atom is -0.339 e. The van der Waals surface area contributed by atoms with Gasteiger partial charge in [0.25, 0.3) is 0 Å². The Morgan fingerprint density at radius 3 is 2.81 bits per heavy atom. The Morgan fingerprint density at radius 2 is 2.38 bits per heavy atom. The van der Waals surface area contributed by atoms with E-state index in [0.29, 0.717) is 6.54 Å². The normalized spacial score (nSPS) is 17.9. The minimum atomic E-state index is -0.589. The zero-order valence-electron chi connectivity index (χ0n) is 9.69. The summed E-state index contributed by atoms with van der Waals surface area (Å²) in [5.74, 6) is 0.0600. The van der Waals surface area contributed by atoms with Crippen molar-refractivity contribution in [1.29, 1.82) is 0 Å². The Morgan fingerprint density at radius 1 is 1.69 bits per heavy atom. The largest absolute Gasteiger partial charge is 0.339 e. The Kier molecular flexibility index (Phi) is 2.99. The molecule has 2 N–H and O–H groups in total. The van der Waals surface area contributed by atoms with Gasteiger partial charge in [-0.25, -0.2) is 4.98 Å². The van der Waals surface area contributed by atoms with E-state index in [2.05, 4.69) is 4.98 Å². The highest BCUT2D eigenvalue weighted by atomic mass is 32.1. The molecule has 1 aliphatic rings. The third-order valence-electron chi connectivity index (χ3n) is 3.08. The van der Waals surface area contributed by atoms with Crippen LogP contribution < -0.4 is 5.73 Å². The van der Waals surface area contributed by atoms with Gasteiger partial charge in [-0.05, 0) is 26.2 Å². The predicted octanol–water partition coefficient (Wildman–Crippen LogP) is 1.29. The topological polar surface area (TPSA) is 59.2 Å². The van der Waals surface area contributed by atoms with Crippen LogP contribution in [0.25, 0.3) is 0 Å². The van der Waals surface area contributed by atoms with E-state index in [4.69, 9.17) is 5.73 Å². The first-order chi connectivity index (χ1) is 7.51. The van der Waals surface area contributed by atoms with Gasteiger partial charge in [-0.1, -0.05) is 0 Å². The van der Waals surface area contributed by atoms with Gasteiger partial charge < -0.3 is 10.6 Å². The molecule has 5 heteroatoms. The number of thiazole rings is 1. The monoisotopic (exact) mass is 239 g/mol. The highest BCUT2D eigenvalue weighted by Crippen LogP contribution is 2.31. The number of carbonyl (C=O) groups excluding carboxylic acids is 1. The Bertz CT molecular complexity index is 398. The summed E-state index contributed by atoms with van der Waals surface area (Å²) in [6, 6.07) is 0. The predicted molar refractivity (Wildman–Crippen MR) is 64.1 cm³/mol. The molecule has 88 valence electrons. The number of amides is 1. The van der Waals surface area contributed by atoms with Gasteiger partial charge in [-0.3, -0.25) is 4.79 Å². The molecular weight excluding hydrogens is 222 g/mol. The number of nitrogens with two attached hydrogens (primary N) is 1. The first-order valence-corrected chi connectivity index (χ1v) is 6.29. The third-order valence-corrected chi connectivity index (χ3v) is 3.98. The summed E-state index contributed by atoms with van der Waals surface area (Å²) < 4.78 is 0. The quantitative estimate of drug-likeness (QED) is 0.864. The first kappa shape index (κ1) is 11.5. The molecular formula is C11H17N3OS. The molecule has 16 heavy (non-hydrogen) atoms. The zero-order valence-corrected chi connectivity index (χ0v) is 10.5. The molecule has 4 nitrogen and oxygen atoms in total. The van der Waals surface area contributed by atoms with Gasteiger partial charge in [0.05, 0.1) is 17.1 Å². The summed E-state index contributed by atoms with van der Waals surface area (Å²) in [4.78, 5) is 19.0. The fraction of sp³-hybridized carbons (Fsp3) is 0.636. The van der Waals surface area contributed by atoms with Crippen LogP contribution in [0, 0.1) is 6.92 Å². The Hall–Kier alpha value is -0.940. The fourth-order valence-electron chi connectivity index (χ4n) is 1.94. The van der Waals surface area contributed by atoms with E-state index < -0.39 is 5.54 Å². The van der Waals surface area contributed by atoms with E-state index in [1.165, 1.54) is 0 Å². The number of aryl methyl sites for hydroxylation is 1. The van der Waals surface area contributed by atoms with Crippen LogP contribution >= 0.6 is 11.3 Å². The molecule has 1 aromatic rings. The van der Waals surface area contributed by atoms with Crippen molar-refractivity contribution in [2.24, 2.45) is 5.73 Å². The van der Waals surface area contributed by atoms with Crippen LogP contribution in [-0.4, -0.2) is 28.4 Å². The van der Waals surface area contributed by atoms with Crippen molar-refractivity contribution in [3.8, 4) is 0 Å². The number of carbonyl (C=O) groups is 1. The lowest BCUT2D eigenvalue weighted by Gasteiger charge is -2.39. The summed E-state index contributed by atoms with van der Waals surface area (Å²) >= 11 is 1.62. The molecule has 1 aliphatic carbocycles. The maximum atomic E-state index is 12.0. The lowest BCUT2D eigenvalue weighted by molar-refractivity contribution is -0.139. The zero-order chi connectivity index (χ0) is 11.8. The van der Waals surface area contributed by atoms with Crippen LogP contribution in [0.5, 0.6) is 0 Å². The van der Waals surface area contributed by atoms with Crippen molar-refractivity contribution in [3.05, 3.63) is 16.1 Å². The number of rotatable bonds is 3. The number of hydrogen-bond donors (Lipinski definition) is 1. The number of nitrogens with zero attached hydrogens (tertiary/aromatic N) is 2. The second kappa shape index (κ2) is 4.14. The number of likely N-dealkylation sites (N-methyl/N-ethyl adjacent to an activating group) is 1. The van der Waals surface area contributed by atoms with Crippen LogP contribution in [0.4, 0.5) is 0 Å². The molecule has 0 saturated heterocycles. The molecule has 1 saturated carbocycles. The maximum absolute atomic E-state index is 12.0. The smallest absolute Gasteiger partial charge is 0.242 e. The van der Waals surface area contributed by atoms with Crippen molar-refractivity contribution >= 4 is 17.2 Å². The van der Waals surface area contributed by atoms with Crippen molar-refractivity contribution in [3.63, 3.8) is 0 Å². The highest BCUT2D eigenvalue weighted by Gasteiger charge is 2.41. The van der Waals surface area contributed by atoms with E-state index in [1.54, 1.807) is 16.2 Å². The lowest BCUT2D eigenvalue weighted by Crippen LogP contribution is -2.58. The molecule has 0 spiro atoms. The molecule has 1 fully saturated rings. The Labute approximate surface area is 99.5 Å².